The third-order valence-electron chi connectivity index (χ3n) is 2.58. The van der Waals surface area contributed by atoms with Crippen molar-refractivity contribution in [2.24, 2.45) is 5.73 Å². The molecule has 0 aliphatic carbocycles. The summed E-state index contributed by atoms with van der Waals surface area (Å²) < 4.78 is 10.1. The van der Waals surface area contributed by atoms with Crippen molar-refractivity contribution in [3.05, 3.63) is 29.8 Å². The molecule has 0 amide bonds. The Hall–Kier alpha value is -2.08. The Morgan fingerprint density at radius 1 is 1.25 bits per heavy atom. The van der Waals surface area contributed by atoms with Crippen molar-refractivity contribution in [3.63, 3.8) is 0 Å². The number of esters is 1. The Kier molecular flexibility index (Phi) is 4.39. The molecular weight excluding hydrogens is 262 g/mol. The predicted molar refractivity (Wildman–Crippen MR) is 72.3 cm³/mol. The summed E-state index contributed by atoms with van der Waals surface area (Å²) in [4.78, 5) is 23.6. The third-order valence-corrected chi connectivity index (χ3v) is 2.58. The van der Waals surface area contributed by atoms with Gasteiger partial charge < -0.3 is 20.3 Å². The van der Waals surface area contributed by atoms with Crippen LogP contribution in [0.2, 0.25) is 0 Å². The molecule has 0 fully saturated rings. The van der Waals surface area contributed by atoms with Gasteiger partial charge in [0.1, 0.15) is 11.4 Å². The number of carboxylic acids is 1. The van der Waals surface area contributed by atoms with Gasteiger partial charge in [-0.25, -0.2) is 9.59 Å². The highest BCUT2D eigenvalue weighted by Gasteiger charge is 2.47. The fourth-order valence-corrected chi connectivity index (χ4v) is 1.56. The van der Waals surface area contributed by atoms with E-state index in [0.717, 1.165) is 0 Å². The minimum Gasteiger partial charge on any atom is -0.497 e. The number of carbonyl (C=O) groups is 2. The molecule has 1 atom stereocenters. The van der Waals surface area contributed by atoms with Crippen molar-refractivity contribution in [1.29, 1.82) is 0 Å². The van der Waals surface area contributed by atoms with Crippen LogP contribution in [-0.2, 0) is 19.9 Å². The highest BCUT2D eigenvalue weighted by molar-refractivity contribution is 6.04. The van der Waals surface area contributed by atoms with Gasteiger partial charge in [0.2, 0.25) is 5.54 Å². The summed E-state index contributed by atoms with van der Waals surface area (Å²) in [5, 5.41) is 9.35. The summed E-state index contributed by atoms with van der Waals surface area (Å²) in [5.41, 5.74) is 2.79. The van der Waals surface area contributed by atoms with E-state index in [4.69, 9.17) is 15.2 Å². The molecule has 6 nitrogen and oxygen atoms in total. The van der Waals surface area contributed by atoms with Crippen LogP contribution in [-0.4, -0.2) is 29.8 Å². The Bertz CT molecular complexity index is 521. The lowest BCUT2D eigenvalue weighted by molar-refractivity contribution is -0.169. The zero-order valence-electron chi connectivity index (χ0n) is 12.0. The van der Waals surface area contributed by atoms with E-state index in [1.807, 2.05) is 0 Å². The average molecular weight is 281 g/mol. The summed E-state index contributed by atoms with van der Waals surface area (Å²) >= 11 is 0. The van der Waals surface area contributed by atoms with Gasteiger partial charge >= 0.3 is 11.9 Å². The zero-order valence-corrected chi connectivity index (χ0v) is 12.0. The van der Waals surface area contributed by atoms with Crippen molar-refractivity contribution >= 4 is 11.9 Å². The number of carboxylic acid groups (broad SMARTS) is 1. The van der Waals surface area contributed by atoms with Crippen molar-refractivity contribution in [2.45, 2.75) is 31.9 Å². The second kappa shape index (κ2) is 5.50. The Labute approximate surface area is 117 Å². The molecule has 0 bridgehead atoms. The number of benzene rings is 1. The lowest BCUT2D eigenvalue weighted by Gasteiger charge is -2.28. The first-order chi connectivity index (χ1) is 9.11. The highest BCUT2D eigenvalue weighted by Crippen LogP contribution is 2.26. The second-order valence-corrected chi connectivity index (χ2v) is 5.35. The van der Waals surface area contributed by atoms with E-state index in [1.165, 1.54) is 19.2 Å². The van der Waals surface area contributed by atoms with Gasteiger partial charge in [-0.3, -0.25) is 0 Å². The summed E-state index contributed by atoms with van der Waals surface area (Å²) in [7, 11) is 1.44. The van der Waals surface area contributed by atoms with Crippen molar-refractivity contribution < 1.29 is 24.2 Å². The van der Waals surface area contributed by atoms with Gasteiger partial charge in [-0.1, -0.05) is 12.1 Å². The maximum absolute atomic E-state index is 12.2. The number of rotatable bonds is 4. The van der Waals surface area contributed by atoms with Gasteiger partial charge in [-0.2, -0.15) is 0 Å². The van der Waals surface area contributed by atoms with E-state index in [1.54, 1.807) is 32.9 Å². The van der Waals surface area contributed by atoms with Gasteiger partial charge in [0, 0.05) is 0 Å². The van der Waals surface area contributed by atoms with Gasteiger partial charge in [-0.05, 0) is 38.5 Å². The zero-order chi connectivity index (χ0) is 15.6. The topological polar surface area (TPSA) is 98.9 Å². The smallest absolute Gasteiger partial charge is 0.343 e. The molecule has 1 aromatic carbocycles. The van der Waals surface area contributed by atoms with Crippen LogP contribution in [0.5, 0.6) is 5.75 Å². The largest absolute Gasteiger partial charge is 0.497 e. The highest BCUT2D eigenvalue weighted by atomic mass is 16.6. The van der Waals surface area contributed by atoms with E-state index in [9.17, 15) is 14.7 Å². The van der Waals surface area contributed by atoms with Crippen LogP contribution in [0.1, 0.15) is 26.3 Å². The maximum atomic E-state index is 12.2. The molecule has 20 heavy (non-hydrogen) atoms. The molecule has 0 saturated heterocycles. The summed E-state index contributed by atoms with van der Waals surface area (Å²) in [6.07, 6.45) is 0. The number of carbonyl (C=O) groups excluding carboxylic acids is 1. The molecule has 110 valence electrons. The van der Waals surface area contributed by atoms with E-state index >= 15 is 0 Å². The van der Waals surface area contributed by atoms with E-state index < -0.39 is 23.1 Å². The molecule has 0 radical (unpaired) electrons. The lowest BCUT2D eigenvalue weighted by atomic mass is 9.90. The van der Waals surface area contributed by atoms with Crippen LogP contribution in [0.3, 0.4) is 0 Å². The molecule has 0 heterocycles. The first-order valence-corrected chi connectivity index (χ1v) is 6.01. The molecule has 0 aliphatic heterocycles. The van der Waals surface area contributed by atoms with Crippen LogP contribution in [0.4, 0.5) is 0 Å². The molecule has 1 rings (SSSR count). The standard InChI is InChI=1S/C14H19NO5/c1-13(2,3)20-12(18)14(15,11(16)17)9-6-5-7-10(8-9)19-4/h5-8H,15H2,1-4H3,(H,16,17)/t14-/m1/s1. The number of aliphatic carboxylic acids is 1. The predicted octanol–water partition coefficient (Wildman–Crippen LogP) is 1.28. The monoisotopic (exact) mass is 281 g/mol. The van der Waals surface area contributed by atoms with Crippen LogP contribution < -0.4 is 10.5 Å². The summed E-state index contributed by atoms with van der Waals surface area (Å²) in [6.45, 7) is 4.91. The van der Waals surface area contributed by atoms with Crippen molar-refractivity contribution in [1.82, 2.24) is 0 Å². The normalized spacial score (nSPS) is 14.2. The average Bonchev–Trinajstić information content (AvgIpc) is 2.35. The van der Waals surface area contributed by atoms with E-state index in [2.05, 4.69) is 0 Å². The first kappa shape index (κ1) is 16.0. The number of methoxy groups -OCH3 is 1. The van der Waals surface area contributed by atoms with Gasteiger partial charge in [0.05, 0.1) is 7.11 Å². The first-order valence-electron chi connectivity index (χ1n) is 6.01. The second-order valence-electron chi connectivity index (χ2n) is 5.35. The van der Waals surface area contributed by atoms with E-state index in [0.29, 0.717) is 5.75 Å². The van der Waals surface area contributed by atoms with Crippen LogP contribution in [0.15, 0.2) is 24.3 Å². The number of nitrogens with two attached hydrogens (primary N) is 1. The van der Waals surface area contributed by atoms with Crippen molar-refractivity contribution in [2.75, 3.05) is 7.11 Å². The molecule has 0 aliphatic rings. The molecular formula is C14H19NO5. The molecule has 6 heteroatoms. The fraction of sp³-hybridized carbons (Fsp3) is 0.429. The van der Waals surface area contributed by atoms with E-state index in [-0.39, 0.29) is 5.56 Å². The van der Waals surface area contributed by atoms with Crippen LogP contribution in [0.25, 0.3) is 0 Å². The fourth-order valence-electron chi connectivity index (χ4n) is 1.56. The summed E-state index contributed by atoms with van der Waals surface area (Å²) in [6, 6.07) is 6.03. The lowest BCUT2D eigenvalue weighted by Crippen LogP contribution is -2.54. The molecule has 1 aromatic rings. The minimum atomic E-state index is -2.28. The van der Waals surface area contributed by atoms with Gasteiger partial charge in [0.25, 0.3) is 0 Å². The number of ether oxygens (including phenoxy) is 2. The quantitative estimate of drug-likeness (QED) is 0.637. The van der Waals surface area contributed by atoms with Gasteiger partial charge in [0.15, 0.2) is 0 Å². The SMILES string of the molecule is COc1cccc([C@@](N)(C(=O)O)C(=O)OC(C)(C)C)c1. The van der Waals surface area contributed by atoms with Crippen molar-refractivity contribution in [3.8, 4) is 5.75 Å². The number of hydrogen-bond acceptors (Lipinski definition) is 5. The molecule has 0 saturated carbocycles. The maximum Gasteiger partial charge on any atom is 0.343 e. The Morgan fingerprint density at radius 2 is 1.85 bits per heavy atom. The molecule has 0 aromatic heterocycles. The minimum absolute atomic E-state index is 0.0959. The van der Waals surface area contributed by atoms with Gasteiger partial charge in [-0.15, -0.1) is 0 Å². The van der Waals surface area contributed by atoms with Crippen LogP contribution >= 0.6 is 0 Å². The molecule has 3 N–H and O–H groups in total. The molecule has 0 spiro atoms. The Balaban J connectivity index is 3.27. The summed E-state index contributed by atoms with van der Waals surface area (Å²) in [5.74, 6) is -2.10. The molecule has 0 unspecified atom stereocenters. The third kappa shape index (κ3) is 3.27. The Morgan fingerprint density at radius 3 is 2.30 bits per heavy atom. The number of hydrogen-bond donors (Lipinski definition) is 2. The van der Waals surface area contributed by atoms with Crippen LogP contribution in [0, 0.1) is 0 Å².